The SMILES string of the molecule is CCc1ccc(-c2cc(F)c(-c3cc4cc(F)c(F)cc4o3)c(F)c2)cc1. The van der Waals surface area contributed by atoms with E-state index in [1.165, 1.54) is 18.2 Å². The standard InChI is InChI=1S/C22H14F4O/c1-2-12-3-5-13(6-4-12)14-7-18(25)22(19(26)8-14)21-10-15-9-16(23)17(24)11-20(15)27-21/h3-11H,2H2,1H3. The number of aryl methyl sites for hydroxylation is 1. The van der Waals surface area contributed by atoms with Crippen molar-refractivity contribution in [3.8, 4) is 22.5 Å². The normalized spacial score (nSPS) is 11.3. The van der Waals surface area contributed by atoms with Crippen LogP contribution in [0.15, 0.2) is 59.0 Å². The van der Waals surface area contributed by atoms with Crippen molar-refractivity contribution in [2.75, 3.05) is 0 Å². The van der Waals surface area contributed by atoms with Crippen molar-refractivity contribution in [2.24, 2.45) is 0 Å². The molecule has 3 aromatic carbocycles. The van der Waals surface area contributed by atoms with Gasteiger partial charge in [0.25, 0.3) is 0 Å². The number of hydrogen-bond acceptors (Lipinski definition) is 1. The lowest BCUT2D eigenvalue weighted by Gasteiger charge is -2.07. The van der Waals surface area contributed by atoms with Gasteiger partial charge in [-0.1, -0.05) is 31.2 Å². The molecule has 0 fully saturated rings. The fourth-order valence-corrected chi connectivity index (χ4v) is 3.07. The molecular weight excluding hydrogens is 356 g/mol. The average Bonchev–Trinajstić information content (AvgIpc) is 3.03. The van der Waals surface area contributed by atoms with E-state index in [0.29, 0.717) is 11.1 Å². The van der Waals surface area contributed by atoms with Gasteiger partial charge in [0, 0.05) is 11.5 Å². The van der Waals surface area contributed by atoms with Gasteiger partial charge in [-0.2, -0.15) is 0 Å². The first-order valence-corrected chi connectivity index (χ1v) is 8.43. The van der Waals surface area contributed by atoms with Crippen LogP contribution in [0, 0.1) is 23.3 Å². The van der Waals surface area contributed by atoms with E-state index in [0.717, 1.165) is 24.1 Å². The van der Waals surface area contributed by atoms with Crippen molar-refractivity contribution in [1.82, 2.24) is 0 Å². The Bertz CT molecular complexity index is 1080. The zero-order chi connectivity index (χ0) is 19.1. The number of benzene rings is 3. The lowest BCUT2D eigenvalue weighted by atomic mass is 10.00. The number of hydrogen-bond donors (Lipinski definition) is 0. The van der Waals surface area contributed by atoms with Crippen molar-refractivity contribution in [1.29, 1.82) is 0 Å². The Balaban J connectivity index is 1.80. The van der Waals surface area contributed by atoms with Gasteiger partial charge in [0.15, 0.2) is 11.6 Å². The molecule has 0 bridgehead atoms. The van der Waals surface area contributed by atoms with E-state index in [9.17, 15) is 17.6 Å². The molecule has 27 heavy (non-hydrogen) atoms. The molecule has 4 rings (SSSR count). The molecule has 0 saturated heterocycles. The van der Waals surface area contributed by atoms with Gasteiger partial charge in [-0.25, -0.2) is 17.6 Å². The van der Waals surface area contributed by atoms with Crippen LogP contribution in [0.1, 0.15) is 12.5 Å². The van der Waals surface area contributed by atoms with Crippen LogP contribution in [0.25, 0.3) is 33.4 Å². The largest absolute Gasteiger partial charge is 0.456 e. The second kappa shape index (κ2) is 6.58. The molecule has 0 spiro atoms. The highest BCUT2D eigenvalue weighted by molar-refractivity contribution is 5.83. The van der Waals surface area contributed by atoms with Gasteiger partial charge in [-0.15, -0.1) is 0 Å². The van der Waals surface area contributed by atoms with Gasteiger partial charge in [0.2, 0.25) is 0 Å². The highest BCUT2D eigenvalue weighted by Crippen LogP contribution is 2.35. The van der Waals surface area contributed by atoms with Crippen molar-refractivity contribution in [2.45, 2.75) is 13.3 Å². The molecule has 1 aromatic heterocycles. The Morgan fingerprint density at radius 2 is 1.33 bits per heavy atom. The van der Waals surface area contributed by atoms with Crippen LogP contribution in [0.3, 0.4) is 0 Å². The summed E-state index contributed by atoms with van der Waals surface area (Å²) in [6, 6.07) is 12.9. The fraction of sp³-hybridized carbons (Fsp3) is 0.0909. The van der Waals surface area contributed by atoms with Crippen LogP contribution in [-0.4, -0.2) is 0 Å². The maximum Gasteiger partial charge on any atom is 0.162 e. The minimum absolute atomic E-state index is 0.0157. The molecule has 0 aliphatic carbocycles. The quantitative estimate of drug-likeness (QED) is 0.358. The number of rotatable bonds is 3. The fourth-order valence-electron chi connectivity index (χ4n) is 3.07. The van der Waals surface area contributed by atoms with Crippen molar-refractivity contribution < 1.29 is 22.0 Å². The van der Waals surface area contributed by atoms with Crippen LogP contribution < -0.4 is 0 Å². The molecule has 0 aliphatic rings. The zero-order valence-corrected chi connectivity index (χ0v) is 14.3. The smallest absolute Gasteiger partial charge is 0.162 e. The van der Waals surface area contributed by atoms with Crippen LogP contribution in [0.5, 0.6) is 0 Å². The first-order chi connectivity index (χ1) is 13.0. The van der Waals surface area contributed by atoms with Gasteiger partial charge in [-0.05, 0) is 47.4 Å². The molecule has 0 amide bonds. The predicted octanol–water partition coefficient (Wildman–Crippen LogP) is 6.89. The van der Waals surface area contributed by atoms with E-state index in [-0.39, 0.29) is 22.3 Å². The van der Waals surface area contributed by atoms with Crippen LogP contribution >= 0.6 is 0 Å². The third kappa shape index (κ3) is 3.10. The van der Waals surface area contributed by atoms with Crippen molar-refractivity contribution in [3.63, 3.8) is 0 Å². The summed E-state index contributed by atoms with van der Waals surface area (Å²) < 4.78 is 61.4. The molecule has 0 radical (unpaired) electrons. The summed E-state index contributed by atoms with van der Waals surface area (Å²) in [7, 11) is 0. The Labute approximate surface area is 152 Å². The second-order valence-electron chi connectivity index (χ2n) is 6.28. The summed E-state index contributed by atoms with van der Waals surface area (Å²) in [6.45, 7) is 2.02. The minimum Gasteiger partial charge on any atom is -0.456 e. The number of furan rings is 1. The summed E-state index contributed by atoms with van der Waals surface area (Å²) in [6.07, 6.45) is 0.870. The summed E-state index contributed by atoms with van der Waals surface area (Å²) in [5, 5.41) is 0.224. The molecule has 0 N–H and O–H groups in total. The lowest BCUT2D eigenvalue weighted by Crippen LogP contribution is -1.91. The van der Waals surface area contributed by atoms with Gasteiger partial charge < -0.3 is 4.42 Å². The van der Waals surface area contributed by atoms with Crippen molar-refractivity contribution >= 4 is 11.0 Å². The maximum absolute atomic E-state index is 14.7. The third-order valence-corrected chi connectivity index (χ3v) is 4.54. The van der Waals surface area contributed by atoms with Crippen LogP contribution in [0.4, 0.5) is 17.6 Å². The molecule has 5 heteroatoms. The van der Waals surface area contributed by atoms with Gasteiger partial charge >= 0.3 is 0 Å². The van der Waals surface area contributed by atoms with Gasteiger partial charge in [0.05, 0.1) is 5.56 Å². The molecule has 0 atom stereocenters. The van der Waals surface area contributed by atoms with E-state index >= 15 is 0 Å². The maximum atomic E-state index is 14.7. The number of fused-ring (bicyclic) bond motifs is 1. The van der Waals surface area contributed by atoms with Gasteiger partial charge in [-0.3, -0.25) is 0 Å². The Kier molecular flexibility index (Phi) is 4.22. The summed E-state index contributed by atoms with van der Waals surface area (Å²) >= 11 is 0. The Hall–Kier alpha value is -3.08. The highest BCUT2D eigenvalue weighted by atomic mass is 19.2. The van der Waals surface area contributed by atoms with E-state index < -0.39 is 23.3 Å². The molecule has 0 saturated carbocycles. The average molecular weight is 370 g/mol. The highest BCUT2D eigenvalue weighted by Gasteiger charge is 2.19. The second-order valence-corrected chi connectivity index (χ2v) is 6.28. The third-order valence-electron chi connectivity index (χ3n) is 4.54. The molecule has 1 heterocycles. The van der Waals surface area contributed by atoms with E-state index in [1.807, 2.05) is 19.1 Å². The van der Waals surface area contributed by atoms with E-state index in [4.69, 9.17) is 4.42 Å². The monoisotopic (exact) mass is 370 g/mol. The lowest BCUT2D eigenvalue weighted by molar-refractivity contribution is 0.507. The molecule has 0 unspecified atom stereocenters. The Morgan fingerprint density at radius 1 is 0.704 bits per heavy atom. The van der Waals surface area contributed by atoms with Gasteiger partial charge in [0.1, 0.15) is 23.0 Å². The minimum atomic E-state index is -1.09. The summed E-state index contributed by atoms with van der Waals surface area (Å²) in [5.74, 6) is -3.90. The molecular formula is C22H14F4O. The first-order valence-electron chi connectivity index (χ1n) is 8.43. The van der Waals surface area contributed by atoms with Crippen LogP contribution in [0.2, 0.25) is 0 Å². The zero-order valence-electron chi connectivity index (χ0n) is 14.3. The molecule has 4 aromatic rings. The molecule has 1 nitrogen and oxygen atoms in total. The van der Waals surface area contributed by atoms with Crippen LogP contribution in [-0.2, 0) is 6.42 Å². The molecule has 136 valence electrons. The topological polar surface area (TPSA) is 13.1 Å². The first kappa shape index (κ1) is 17.3. The van der Waals surface area contributed by atoms with E-state index in [1.54, 1.807) is 12.1 Å². The Morgan fingerprint density at radius 3 is 1.96 bits per heavy atom. The van der Waals surface area contributed by atoms with E-state index in [2.05, 4.69) is 0 Å². The molecule has 0 aliphatic heterocycles. The predicted molar refractivity (Wildman–Crippen MR) is 96.3 cm³/mol. The summed E-state index contributed by atoms with van der Waals surface area (Å²) in [5.41, 5.74) is 1.84. The summed E-state index contributed by atoms with van der Waals surface area (Å²) in [4.78, 5) is 0. The van der Waals surface area contributed by atoms with Crippen molar-refractivity contribution in [3.05, 3.63) is 83.4 Å². The number of halogens is 4.